The van der Waals surface area contributed by atoms with Crippen molar-refractivity contribution in [2.45, 2.75) is 45.2 Å². The molecule has 1 fully saturated rings. The van der Waals surface area contributed by atoms with Crippen LogP contribution < -0.4 is 15.5 Å². The molecule has 1 saturated heterocycles. The van der Waals surface area contributed by atoms with Crippen LogP contribution in [-0.4, -0.2) is 59.3 Å². The van der Waals surface area contributed by atoms with Crippen molar-refractivity contribution >= 4 is 28.1 Å². The van der Waals surface area contributed by atoms with Crippen molar-refractivity contribution in [1.82, 2.24) is 20.4 Å². The molecule has 8 heteroatoms. The van der Waals surface area contributed by atoms with Crippen LogP contribution in [0.15, 0.2) is 24.3 Å². The van der Waals surface area contributed by atoms with Crippen molar-refractivity contribution in [3.63, 3.8) is 0 Å². The number of benzene rings is 1. The fraction of sp³-hybridized carbons (Fsp3) is 0.500. The van der Waals surface area contributed by atoms with E-state index in [9.17, 15) is 4.79 Å². The Hall–Kier alpha value is -2.63. The first-order valence-corrected chi connectivity index (χ1v) is 11.3. The van der Waals surface area contributed by atoms with Gasteiger partial charge in [-0.2, -0.15) is 0 Å². The van der Waals surface area contributed by atoms with Crippen molar-refractivity contribution in [2.24, 2.45) is 0 Å². The Bertz CT molecular complexity index is 954. The second-order valence-electron chi connectivity index (χ2n) is 8.15. The Morgan fingerprint density at radius 3 is 2.77 bits per heavy atom. The molecule has 3 heterocycles. The normalized spacial score (nSPS) is 19.5. The van der Waals surface area contributed by atoms with Crippen LogP contribution in [0, 0.1) is 12.0 Å². The summed E-state index contributed by atoms with van der Waals surface area (Å²) in [6.07, 6.45) is 0.750. The summed E-state index contributed by atoms with van der Waals surface area (Å²) in [5.41, 5.74) is 2.22. The Balaban J connectivity index is 1.33. The topological polar surface area (TPSA) is 73.4 Å². The number of amides is 1. The van der Waals surface area contributed by atoms with Crippen LogP contribution in [0.1, 0.15) is 48.5 Å². The second kappa shape index (κ2) is 9.02. The van der Waals surface area contributed by atoms with E-state index in [-0.39, 0.29) is 17.9 Å². The highest BCUT2D eigenvalue weighted by atomic mass is 32.1. The van der Waals surface area contributed by atoms with Gasteiger partial charge in [-0.1, -0.05) is 35.5 Å². The van der Waals surface area contributed by atoms with Gasteiger partial charge in [0.15, 0.2) is 0 Å². The Morgan fingerprint density at radius 1 is 1.23 bits per heavy atom. The zero-order valence-corrected chi connectivity index (χ0v) is 18.5. The molecule has 7 nitrogen and oxygen atoms in total. The maximum atomic E-state index is 12.7. The van der Waals surface area contributed by atoms with Gasteiger partial charge < -0.3 is 15.5 Å². The highest BCUT2D eigenvalue weighted by Crippen LogP contribution is 2.30. The second-order valence-corrected chi connectivity index (χ2v) is 9.11. The molecular formula is C22H28N6OS. The number of piperazine rings is 1. The average Bonchev–Trinajstić information content (AvgIpc) is 3.24. The molecule has 2 aromatic rings. The van der Waals surface area contributed by atoms with Gasteiger partial charge >= 0.3 is 0 Å². The summed E-state index contributed by atoms with van der Waals surface area (Å²) in [6.45, 7) is 10.3. The number of rotatable bonds is 6. The van der Waals surface area contributed by atoms with E-state index in [2.05, 4.69) is 62.5 Å². The number of carbonyl (C=O) groups excluding carboxylic acids is 1. The molecule has 2 N–H and O–H groups in total. The molecule has 0 spiro atoms. The average molecular weight is 425 g/mol. The fourth-order valence-corrected chi connectivity index (χ4v) is 4.73. The summed E-state index contributed by atoms with van der Waals surface area (Å²) < 4.78 is 0. The molecule has 0 bridgehead atoms. The highest BCUT2D eigenvalue weighted by Gasteiger charge is 2.24. The molecule has 1 aromatic heterocycles. The number of nitrogens with one attached hydrogen (secondary N) is 2. The van der Waals surface area contributed by atoms with Crippen LogP contribution in [-0.2, 0) is 0 Å². The van der Waals surface area contributed by atoms with Crippen molar-refractivity contribution in [3.8, 4) is 12.0 Å². The zero-order valence-electron chi connectivity index (χ0n) is 17.7. The zero-order chi connectivity index (χ0) is 21.1. The Morgan fingerprint density at radius 2 is 2.00 bits per heavy atom. The Labute approximate surface area is 181 Å². The molecule has 2 aliphatic rings. The number of hydrogen-bond donors (Lipinski definition) is 2. The molecule has 0 radical (unpaired) electrons. The predicted octanol–water partition coefficient (Wildman–Crippen LogP) is 2.75. The molecule has 30 heavy (non-hydrogen) atoms. The minimum atomic E-state index is -0.165. The minimum Gasteiger partial charge on any atom is -0.347 e. The summed E-state index contributed by atoms with van der Waals surface area (Å²) in [5.74, 6) is 3.16. The Kier molecular flexibility index (Phi) is 6.21. The van der Waals surface area contributed by atoms with Crippen molar-refractivity contribution in [1.29, 1.82) is 0 Å². The van der Waals surface area contributed by atoms with E-state index in [1.54, 1.807) is 0 Å². The van der Waals surface area contributed by atoms with Gasteiger partial charge in [-0.25, -0.2) is 0 Å². The summed E-state index contributed by atoms with van der Waals surface area (Å²) in [5, 5.41) is 15.8. The molecular weight excluding hydrogens is 396 g/mol. The van der Waals surface area contributed by atoms with Crippen LogP contribution in [0.5, 0.6) is 0 Å². The van der Waals surface area contributed by atoms with Crippen LogP contribution >= 0.6 is 11.3 Å². The summed E-state index contributed by atoms with van der Waals surface area (Å²) >= 11 is 1.37. The van der Waals surface area contributed by atoms with Gasteiger partial charge in [-0.15, -0.1) is 10.2 Å². The van der Waals surface area contributed by atoms with Crippen LogP contribution in [0.4, 0.5) is 10.8 Å². The van der Waals surface area contributed by atoms with Crippen LogP contribution in [0.25, 0.3) is 0 Å². The maximum absolute atomic E-state index is 12.7. The maximum Gasteiger partial charge on any atom is 0.282 e. The van der Waals surface area contributed by atoms with Gasteiger partial charge in [0.25, 0.3) is 5.91 Å². The number of carbonyl (C=O) groups is 1. The molecule has 0 saturated carbocycles. The van der Waals surface area contributed by atoms with E-state index in [0.29, 0.717) is 11.0 Å². The van der Waals surface area contributed by atoms with E-state index < -0.39 is 0 Å². The van der Waals surface area contributed by atoms with E-state index in [1.807, 2.05) is 25.1 Å². The first-order chi connectivity index (χ1) is 14.5. The van der Waals surface area contributed by atoms with E-state index >= 15 is 0 Å². The van der Waals surface area contributed by atoms with Gasteiger partial charge in [-0.3, -0.25) is 9.69 Å². The molecule has 158 valence electrons. The highest BCUT2D eigenvalue weighted by molar-refractivity contribution is 7.17. The van der Waals surface area contributed by atoms with Crippen molar-refractivity contribution in [2.75, 3.05) is 36.4 Å². The van der Waals surface area contributed by atoms with Crippen LogP contribution in [0.2, 0.25) is 0 Å². The SMILES string of the molecule is CC(CC1C#CNc2ccccc21)NC(=O)c1nnc(N2CCN(C(C)C)CC2)s1. The molecule has 2 aliphatic heterocycles. The molecule has 4 rings (SSSR count). The first-order valence-electron chi connectivity index (χ1n) is 10.5. The monoisotopic (exact) mass is 424 g/mol. The summed E-state index contributed by atoms with van der Waals surface area (Å²) in [7, 11) is 0. The first kappa shape index (κ1) is 20.6. The fourth-order valence-electron chi connectivity index (χ4n) is 3.93. The number of anilines is 2. The number of fused-ring (bicyclic) bond motifs is 1. The molecule has 1 aromatic carbocycles. The predicted molar refractivity (Wildman–Crippen MR) is 121 cm³/mol. The standard InChI is InChI=1S/C22H28N6OS/c1-15(2)27-10-12-28(13-11-27)22-26-25-21(30-22)20(29)24-16(3)14-17-8-9-23-19-7-5-4-6-18(17)19/h4-7,15-17,23H,10-14H2,1-3H3,(H,24,29). The third-order valence-corrected chi connectivity index (χ3v) is 6.65. The summed E-state index contributed by atoms with van der Waals surface area (Å²) in [4.78, 5) is 17.4. The largest absolute Gasteiger partial charge is 0.347 e. The molecule has 2 unspecified atom stereocenters. The van der Waals surface area contributed by atoms with Crippen molar-refractivity contribution < 1.29 is 4.79 Å². The third-order valence-electron chi connectivity index (χ3n) is 5.67. The van der Waals surface area contributed by atoms with Gasteiger partial charge in [0, 0.05) is 44.3 Å². The van der Waals surface area contributed by atoms with Gasteiger partial charge in [0.05, 0.1) is 11.6 Å². The lowest BCUT2D eigenvalue weighted by Gasteiger charge is -2.36. The molecule has 0 aliphatic carbocycles. The quantitative estimate of drug-likeness (QED) is 0.695. The molecule has 1 amide bonds. The number of aromatic nitrogens is 2. The summed E-state index contributed by atoms with van der Waals surface area (Å²) in [6, 6.07) is 11.7. The number of hydrogen-bond acceptors (Lipinski definition) is 7. The van der Waals surface area contributed by atoms with Crippen molar-refractivity contribution in [3.05, 3.63) is 34.8 Å². The van der Waals surface area contributed by atoms with Crippen LogP contribution in [0.3, 0.4) is 0 Å². The third kappa shape index (κ3) is 4.58. The minimum absolute atomic E-state index is 0.0232. The van der Waals surface area contributed by atoms with Gasteiger partial charge in [0.1, 0.15) is 0 Å². The lowest BCUT2D eigenvalue weighted by Crippen LogP contribution is -2.48. The number of nitrogens with zero attached hydrogens (tertiary/aromatic N) is 4. The number of para-hydroxylation sites is 1. The molecule has 2 atom stereocenters. The lowest BCUT2D eigenvalue weighted by atomic mass is 9.90. The smallest absolute Gasteiger partial charge is 0.282 e. The lowest BCUT2D eigenvalue weighted by molar-refractivity contribution is 0.0937. The van der Waals surface area contributed by atoms with E-state index in [4.69, 9.17) is 0 Å². The van der Waals surface area contributed by atoms with E-state index in [0.717, 1.165) is 43.4 Å². The van der Waals surface area contributed by atoms with Gasteiger partial charge in [-0.05, 0) is 38.8 Å². The van der Waals surface area contributed by atoms with E-state index in [1.165, 1.54) is 16.9 Å². The van der Waals surface area contributed by atoms with Gasteiger partial charge in [0.2, 0.25) is 10.1 Å².